The molecular formula is C11H16O4. The Labute approximate surface area is 89.2 Å². The Bertz CT molecular complexity index is 295. The molecule has 15 heavy (non-hydrogen) atoms. The quantitative estimate of drug-likeness (QED) is 0.654. The van der Waals surface area contributed by atoms with E-state index in [1.807, 2.05) is 0 Å². The summed E-state index contributed by atoms with van der Waals surface area (Å²) in [5.74, 6) is 0.386. The Morgan fingerprint density at radius 3 is 2.73 bits per heavy atom. The van der Waals surface area contributed by atoms with Crippen LogP contribution in [0.3, 0.4) is 0 Å². The lowest BCUT2D eigenvalue weighted by atomic mass is 10.2. The maximum Gasteiger partial charge on any atom is 0.377 e. The average Bonchev–Trinajstić information content (AvgIpc) is 2.63. The number of hydrogen-bond donors (Lipinski definition) is 0. The Hall–Kier alpha value is -1.19. The molecule has 0 N–H and O–H groups in total. The van der Waals surface area contributed by atoms with Gasteiger partial charge < -0.3 is 14.2 Å². The second-order valence-corrected chi connectivity index (χ2v) is 3.85. The van der Waals surface area contributed by atoms with Crippen LogP contribution in [-0.2, 0) is 19.0 Å². The SMILES string of the molecule is CCOC(=O)C1=C(C)O[C@@H]2CCC[C@@H]2O1. The largest absolute Gasteiger partial charge is 0.487 e. The fraction of sp³-hybridized carbons (Fsp3) is 0.727. The number of allylic oxidation sites excluding steroid dienone is 1. The molecule has 0 bridgehead atoms. The van der Waals surface area contributed by atoms with E-state index >= 15 is 0 Å². The maximum atomic E-state index is 11.5. The predicted molar refractivity (Wildman–Crippen MR) is 52.9 cm³/mol. The summed E-state index contributed by atoms with van der Waals surface area (Å²) >= 11 is 0. The van der Waals surface area contributed by atoms with Crippen molar-refractivity contribution in [2.24, 2.45) is 0 Å². The molecule has 1 aliphatic carbocycles. The van der Waals surface area contributed by atoms with Crippen molar-refractivity contribution in [3.05, 3.63) is 11.5 Å². The zero-order valence-electron chi connectivity index (χ0n) is 9.12. The van der Waals surface area contributed by atoms with Gasteiger partial charge in [0.05, 0.1) is 6.61 Å². The van der Waals surface area contributed by atoms with Gasteiger partial charge in [0.25, 0.3) is 0 Å². The minimum atomic E-state index is -0.416. The molecular weight excluding hydrogens is 196 g/mol. The molecule has 0 aromatic rings. The van der Waals surface area contributed by atoms with Crippen LogP contribution in [0.5, 0.6) is 0 Å². The van der Waals surface area contributed by atoms with Gasteiger partial charge in [-0.1, -0.05) is 0 Å². The monoisotopic (exact) mass is 212 g/mol. The molecule has 2 atom stereocenters. The summed E-state index contributed by atoms with van der Waals surface area (Å²) in [6, 6.07) is 0. The van der Waals surface area contributed by atoms with Gasteiger partial charge in [0.2, 0.25) is 5.76 Å². The van der Waals surface area contributed by atoms with Crippen LogP contribution in [0.1, 0.15) is 33.1 Å². The molecule has 0 aromatic heterocycles. The normalized spacial score (nSPS) is 29.2. The number of rotatable bonds is 2. The first-order valence-electron chi connectivity index (χ1n) is 5.43. The molecule has 0 radical (unpaired) electrons. The molecule has 0 aromatic carbocycles. The van der Waals surface area contributed by atoms with Crippen molar-refractivity contribution >= 4 is 5.97 Å². The zero-order chi connectivity index (χ0) is 10.8. The van der Waals surface area contributed by atoms with E-state index in [0.29, 0.717) is 12.4 Å². The zero-order valence-corrected chi connectivity index (χ0v) is 9.12. The van der Waals surface area contributed by atoms with Gasteiger partial charge in [-0.2, -0.15) is 0 Å². The summed E-state index contributed by atoms with van der Waals surface area (Å²) in [5.41, 5.74) is 0. The highest BCUT2D eigenvalue weighted by Crippen LogP contribution is 2.33. The third kappa shape index (κ3) is 1.94. The van der Waals surface area contributed by atoms with Gasteiger partial charge in [-0.25, -0.2) is 4.79 Å². The lowest BCUT2D eigenvalue weighted by Crippen LogP contribution is -2.33. The summed E-state index contributed by atoms with van der Waals surface area (Å²) in [6.45, 7) is 3.88. The Kier molecular flexibility index (Phi) is 2.84. The molecule has 1 fully saturated rings. The molecule has 2 aliphatic rings. The van der Waals surface area contributed by atoms with E-state index in [-0.39, 0.29) is 18.0 Å². The number of ether oxygens (including phenoxy) is 3. The maximum absolute atomic E-state index is 11.5. The van der Waals surface area contributed by atoms with Crippen LogP contribution in [0.2, 0.25) is 0 Å². The van der Waals surface area contributed by atoms with E-state index < -0.39 is 5.97 Å². The molecule has 84 valence electrons. The lowest BCUT2D eigenvalue weighted by molar-refractivity contribution is -0.148. The second kappa shape index (κ2) is 4.13. The van der Waals surface area contributed by atoms with Crippen molar-refractivity contribution in [1.82, 2.24) is 0 Å². The lowest BCUT2D eigenvalue weighted by Gasteiger charge is -2.29. The van der Waals surface area contributed by atoms with E-state index in [1.54, 1.807) is 13.8 Å². The van der Waals surface area contributed by atoms with Gasteiger partial charge in [-0.15, -0.1) is 0 Å². The standard InChI is InChI=1S/C11H16O4/c1-3-13-11(12)10-7(2)14-8-5-4-6-9(8)15-10/h8-9H,3-6H2,1-2H3/t8-,9+/m1/s1. The van der Waals surface area contributed by atoms with Crippen LogP contribution in [0.4, 0.5) is 0 Å². The molecule has 1 saturated carbocycles. The third-order valence-corrected chi connectivity index (χ3v) is 2.77. The van der Waals surface area contributed by atoms with Gasteiger partial charge in [0.15, 0.2) is 0 Å². The highest BCUT2D eigenvalue weighted by Gasteiger charge is 2.38. The van der Waals surface area contributed by atoms with Crippen LogP contribution < -0.4 is 0 Å². The Morgan fingerprint density at radius 2 is 2.07 bits per heavy atom. The highest BCUT2D eigenvalue weighted by atomic mass is 16.6. The Morgan fingerprint density at radius 1 is 1.40 bits per heavy atom. The smallest absolute Gasteiger partial charge is 0.377 e. The summed E-state index contributed by atoms with van der Waals surface area (Å²) in [4.78, 5) is 11.5. The number of esters is 1. The molecule has 2 rings (SSSR count). The molecule has 0 unspecified atom stereocenters. The summed E-state index contributed by atoms with van der Waals surface area (Å²) < 4.78 is 16.2. The first kappa shape index (κ1) is 10.3. The number of fused-ring (bicyclic) bond motifs is 1. The van der Waals surface area contributed by atoms with Crippen LogP contribution in [0.25, 0.3) is 0 Å². The van der Waals surface area contributed by atoms with E-state index in [2.05, 4.69) is 0 Å². The summed E-state index contributed by atoms with van der Waals surface area (Å²) in [7, 11) is 0. The van der Waals surface area contributed by atoms with Crippen molar-refractivity contribution < 1.29 is 19.0 Å². The van der Waals surface area contributed by atoms with E-state index in [9.17, 15) is 4.79 Å². The predicted octanol–water partition coefficient (Wildman–Crippen LogP) is 1.75. The molecule has 1 heterocycles. The first-order valence-corrected chi connectivity index (χ1v) is 5.43. The summed E-state index contributed by atoms with van der Waals surface area (Å²) in [6.07, 6.45) is 3.23. The van der Waals surface area contributed by atoms with Crippen LogP contribution in [0.15, 0.2) is 11.5 Å². The molecule has 0 amide bonds. The minimum Gasteiger partial charge on any atom is -0.487 e. The van der Waals surface area contributed by atoms with Crippen molar-refractivity contribution in [1.29, 1.82) is 0 Å². The molecule has 4 heteroatoms. The number of carbonyl (C=O) groups is 1. The van der Waals surface area contributed by atoms with Gasteiger partial charge in [-0.05, 0) is 33.1 Å². The van der Waals surface area contributed by atoms with Crippen LogP contribution >= 0.6 is 0 Å². The minimum absolute atomic E-state index is 0.0353. The van der Waals surface area contributed by atoms with Gasteiger partial charge in [-0.3, -0.25) is 0 Å². The van der Waals surface area contributed by atoms with Gasteiger partial charge >= 0.3 is 5.97 Å². The fourth-order valence-electron chi connectivity index (χ4n) is 2.07. The van der Waals surface area contributed by atoms with Crippen molar-refractivity contribution in [2.75, 3.05) is 6.61 Å². The first-order chi connectivity index (χ1) is 7.22. The molecule has 0 spiro atoms. The van der Waals surface area contributed by atoms with Crippen LogP contribution in [-0.4, -0.2) is 24.8 Å². The average molecular weight is 212 g/mol. The van der Waals surface area contributed by atoms with Crippen molar-refractivity contribution in [3.8, 4) is 0 Å². The van der Waals surface area contributed by atoms with Crippen molar-refractivity contribution in [3.63, 3.8) is 0 Å². The molecule has 1 aliphatic heterocycles. The van der Waals surface area contributed by atoms with E-state index in [4.69, 9.17) is 14.2 Å². The van der Waals surface area contributed by atoms with Crippen molar-refractivity contribution in [2.45, 2.75) is 45.3 Å². The third-order valence-electron chi connectivity index (χ3n) is 2.77. The van der Waals surface area contributed by atoms with Gasteiger partial charge in [0, 0.05) is 0 Å². The van der Waals surface area contributed by atoms with Gasteiger partial charge in [0.1, 0.15) is 18.0 Å². The fourth-order valence-corrected chi connectivity index (χ4v) is 2.07. The number of hydrogen-bond acceptors (Lipinski definition) is 4. The topological polar surface area (TPSA) is 44.8 Å². The van der Waals surface area contributed by atoms with E-state index in [1.165, 1.54) is 0 Å². The highest BCUT2D eigenvalue weighted by molar-refractivity contribution is 5.86. The second-order valence-electron chi connectivity index (χ2n) is 3.85. The van der Waals surface area contributed by atoms with E-state index in [0.717, 1.165) is 19.3 Å². The van der Waals surface area contributed by atoms with Crippen LogP contribution in [0, 0.1) is 0 Å². The molecule has 0 saturated heterocycles. The number of carbonyl (C=O) groups excluding carboxylic acids is 1. The summed E-state index contributed by atoms with van der Waals surface area (Å²) in [5, 5.41) is 0. The Balaban J connectivity index is 2.10. The molecule has 4 nitrogen and oxygen atoms in total.